The third-order valence-electron chi connectivity index (χ3n) is 4.45. The quantitative estimate of drug-likeness (QED) is 0.420. The SMILES string of the molecule is O=[N+]([O-])c1cc(O)c2cc(-c3ccccc3)n(Cc3ccccc3)c2c1. The van der Waals surface area contributed by atoms with Gasteiger partial charge in [-0.25, -0.2) is 0 Å². The van der Waals surface area contributed by atoms with Crippen LogP contribution in [0.4, 0.5) is 5.69 Å². The molecule has 5 nitrogen and oxygen atoms in total. The molecule has 0 bridgehead atoms. The molecule has 0 unspecified atom stereocenters. The molecule has 5 heteroatoms. The van der Waals surface area contributed by atoms with E-state index in [0.717, 1.165) is 16.8 Å². The molecule has 26 heavy (non-hydrogen) atoms. The highest BCUT2D eigenvalue weighted by Crippen LogP contribution is 2.36. The maximum atomic E-state index is 11.2. The Labute approximate surface area is 149 Å². The molecule has 1 aromatic heterocycles. The molecule has 0 aliphatic heterocycles. The van der Waals surface area contributed by atoms with Gasteiger partial charge >= 0.3 is 0 Å². The van der Waals surface area contributed by atoms with Crippen LogP contribution in [0.1, 0.15) is 5.56 Å². The number of rotatable bonds is 4. The fourth-order valence-electron chi connectivity index (χ4n) is 3.21. The highest BCUT2D eigenvalue weighted by Gasteiger charge is 2.18. The monoisotopic (exact) mass is 344 g/mol. The van der Waals surface area contributed by atoms with Crippen LogP contribution >= 0.6 is 0 Å². The molecule has 3 aromatic carbocycles. The van der Waals surface area contributed by atoms with Gasteiger partial charge in [0.2, 0.25) is 0 Å². The fourth-order valence-corrected chi connectivity index (χ4v) is 3.21. The van der Waals surface area contributed by atoms with E-state index in [0.29, 0.717) is 17.4 Å². The fraction of sp³-hybridized carbons (Fsp3) is 0.0476. The first-order chi connectivity index (χ1) is 12.6. The molecule has 4 aromatic rings. The van der Waals surface area contributed by atoms with E-state index in [1.165, 1.54) is 12.1 Å². The van der Waals surface area contributed by atoms with Crippen molar-refractivity contribution in [2.45, 2.75) is 6.54 Å². The zero-order valence-electron chi connectivity index (χ0n) is 13.9. The van der Waals surface area contributed by atoms with E-state index in [4.69, 9.17) is 0 Å². The van der Waals surface area contributed by atoms with Crippen LogP contribution in [0, 0.1) is 10.1 Å². The highest BCUT2D eigenvalue weighted by molar-refractivity contribution is 5.93. The first kappa shape index (κ1) is 15.9. The molecule has 0 radical (unpaired) electrons. The highest BCUT2D eigenvalue weighted by atomic mass is 16.6. The van der Waals surface area contributed by atoms with Crippen molar-refractivity contribution in [1.82, 2.24) is 4.57 Å². The summed E-state index contributed by atoms with van der Waals surface area (Å²) in [4.78, 5) is 10.7. The number of nitro groups is 1. The molecule has 0 amide bonds. The molecule has 128 valence electrons. The van der Waals surface area contributed by atoms with Crippen molar-refractivity contribution >= 4 is 16.6 Å². The van der Waals surface area contributed by atoms with E-state index in [2.05, 4.69) is 0 Å². The molecular weight excluding hydrogens is 328 g/mol. The molecule has 0 spiro atoms. The van der Waals surface area contributed by atoms with Crippen molar-refractivity contribution in [3.8, 4) is 17.0 Å². The summed E-state index contributed by atoms with van der Waals surface area (Å²) in [6, 6.07) is 24.3. The van der Waals surface area contributed by atoms with Gasteiger partial charge in [-0.1, -0.05) is 60.7 Å². The van der Waals surface area contributed by atoms with Gasteiger partial charge in [0, 0.05) is 23.7 Å². The van der Waals surface area contributed by atoms with Gasteiger partial charge in [0.15, 0.2) is 0 Å². The molecule has 1 heterocycles. The Hall–Kier alpha value is -3.60. The molecule has 0 atom stereocenters. The second-order valence-electron chi connectivity index (χ2n) is 6.12. The zero-order chi connectivity index (χ0) is 18.1. The largest absolute Gasteiger partial charge is 0.507 e. The minimum absolute atomic E-state index is 0.0850. The van der Waals surface area contributed by atoms with Crippen molar-refractivity contribution in [1.29, 1.82) is 0 Å². The van der Waals surface area contributed by atoms with E-state index in [-0.39, 0.29) is 11.4 Å². The van der Waals surface area contributed by atoms with E-state index < -0.39 is 4.92 Å². The predicted molar refractivity (Wildman–Crippen MR) is 101 cm³/mol. The van der Waals surface area contributed by atoms with Crippen molar-refractivity contribution in [2.75, 3.05) is 0 Å². The number of non-ortho nitro benzene ring substituents is 1. The van der Waals surface area contributed by atoms with Crippen molar-refractivity contribution in [2.24, 2.45) is 0 Å². The molecule has 0 aliphatic carbocycles. The average molecular weight is 344 g/mol. The first-order valence-electron chi connectivity index (χ1n) is 8.23. The number of nitro benzene ring substituents is 1. The molecule has 0 aliphatic rings. The second kappa shape index (κ2) is 6.37. The Balaban J connectivity index is 1.99. The van der Waals surface area contributed by atoms with Crippen molar-refractivity contribution in [3.05, 3.63) is 94.5 Å². The number of phenolic OH excluding ortho intramolecular Hbond substituents is 1. The summed E-state index contributed by atoms with van der Waals surface area (Å²) >= 11 is 0. The maximum absolute atomic E-state index is 11.2. The van der Waals surface area contributed by atoms with Crippen molar-refractivity contribution < 1.29 is 10.0 Å². The smallest absolute Gasteiger partial charge is 0.275 e. The van der Waals surface area contributed by atoms with Gasteiger partial charge in [-0.3, -0.25) is 10.1 Å². The van der Waals surface area contributed by atoms with Gasteiger partial charge in [-0.05, 0) is 17.2 Å². The molecule has 0 saturated heterocycles. The molecular formula is C21H16N2O3. The lowest BCUT2D eigenvalue weighted by Crippen LogP contribution is -2.02. The van der Waals surface area contributed by atoms with Crippen LogP contribution in [0.15, 0.2) is 78.9 Å². The van der Waals surface area contributed by atoms with Gasteiger partial charge in [0.1, 0.15) is 5.75 Å². The molecule has 0 saturated carbocycles. The van der Waals surface area contributed by atoms with Crippen molar-refractivity contribution in [3.63, 3.8) is 0 Å². The Kier molecular flexibility index (Phi) is 3.89. The van der Waals surface area contributed by atoms with Gasteiger partial charge < -0.3 is 9.67 Å². The summed E-state index contributed by atoms with van der Waals surface area (Å²) < 4.78 is 2.01. The molecule has 4 rings (SSSR count). The standard InChI is InChI=1S/C21H16N2O3/c24-21-12-17(23(25)26)11-20-18(21)13-19(16-9-5-2-6-10-16)22(20)14-15-7-3-1-4-8-15/h1-13,24H,14H2. The number of hydrogen-bond donors (Lipinski definition) is 1. The summed E-state index contributed by atoms with van der Waals surface area (Å²) in [6.45, 7) is 0.551. The van der Waals surface area contributed by atoms with Crippen LogP contribution in [0.2, 0.25) is 0 Å². The third-order valence-corrected chi connectivity index (χ3v) is 4.45. The Bertz CT molecular complexity index is 1090. The predicted octanol–water partition coefficient (Wildman–Crippen LogP) is 4.97. The summed E-state index contributed by atoms with van der Waals surface area (Å²) in [5, 5.41) is 22.2. The Morgan fingerprint density at radius 1 is 0.923 bits per heavy atom. The lowest BCUT2D eigenvalue weighted by atomic mass is 10.1. The van der Waals surface area contributed by atoms with E-state index in [1.54, 1.807) is 0 Å². The van der Waals surface area contributed by atoms with Crippen LogP contribution in [0.5, 0.6) is 5.75 Å². The van der Waals surface area contributed by atoms with Crippen LogP contribution in [0.3, 0.4) is 0 Å². The number of aromatic hydroxyl groups is 1. The van der Waals surface area contributed by atoms with E-state index in [1.807, 2.05) is 71.3 Å². The van der Waals surface area contributed by atoms with Gasteiger partial charge in [-0.15, -0.1) is 0 Å². The van der Waals surface area contributed by atoms with Gasteiger partial charge in [-0.2, -0.15) is 0 Å². The Morgan fingerprint density at radius 3 is 2.23 bits per heavy atom. The lowest BCUT2D eigenvalue weighted by Gasteiger charge is -2.11. The number of nitrogens with zero attached hydrogens (tertiary/aromatic N) is 2. The second-order valence-corrected chi connectivity index (χ2v) is 6.12. The van der Waals surface area contributed by atoms with Crippen LogP contribution in [-0.2, 0) is 6.54 Å². The van der Waals surface area contributed by atoms with E-state index in [9.17, 15) is 15.2 Å². The lowest BCUT2D eigenvalue weighted by molar-refractivity contribution is -0.384. The Morgan fingerprint density at radius 2 is 1.58 bits per heavy atom. The summed E-state index contributed by atoms with van der Waals surface area (Å²) in [5.74, 6) is -0.0850. The van der Waals surface area contributed by atoms with Crippen LogP contribution in [0.25, 0.3) is 22.2 Å². The van der Waals surface area contributed by atoms with Crippen LogP contribution < -0.4 is 0 Å². The minimum atomic E-state index is -0.485. The zero-order valence-corrected chi connectivity index (χ0v) is 13.9. The summed E-state index contributed by atoms with van der Waals surface area (Å²) in [5.41, 5.74) is 3.48. The topological polar surface area (TPSA) is 68.3 Å². The van der Waals surface area contributed by atoms with Gasteiger partial charge in [0.25, 0.3) is 5.69 Å². The minimum Gasteiger partial charge on any atom is -0.507 e. The summed E-state index contributed by atoms with van der Waals surface area (Å²) in [6.07, 6.45) is 0. The van der Waals surface area contributed by atoms with Crippen LogP contribution in [-0.4, -0.2) is 14.6 Å². The van der Waals surface area contributed by atoms with Gasteiger partial charge in [0.05, 0.1) is 16.5 Å². The number of hydrogen-bond acceptors (Lipinski definition) is 3. The van der Waals surface area contributed by atoms with E-state index >= 15 is 0 Å². The first-order valence-corrected chi connectivity index (χ1v) is 8.23. The average Bonchev–Trinajstić information content (AvgIpc) is 3.02. The molecule has 1 N–H and O–H groups in total. The summed E-state index contributed by atoms with van der Waals surface area (Å²) in [7, 11) is 0. The normalized spacial score (nSPS) is 10.9. The maximum Gasteiger partial charge on any atom is 0.275 e. The number of benzene rings is 3. The number of phenols is 1. The third kappa shape index (κ3) is 2.80. The number of aromatic nitrogens is 1. The number of fused-ring (bicyclic) bond motifs is 1. The molecule has 0 fully saturated rings.